The topological polar surface area (TPSA) is 85.1 Å². The number of carbonyl (C=O) groups is 2. The van der Waals surface area contributed by atoms with Crippen LogP contribution in [0.5, 0.6) is 11.5 Å². The van der Waals surface area contributed by atoms with E-state index < -0.39 is 0 Å². The van der Waals surface area contributed by atoms with Gasteiger partial charge < -0.3 is 25.0 Å². The third-order valence-corrected chi connectivity index (χ3v) is 5.66. The Morgan fingerprint density at radius 3 is 2.22 bits per heavy atom. The molecule has 1 aromatic carbocycles. The fraction of sp³-hybridized carbons (Fsp3) is 0.600. The van der Waals surface area contributed by atoms with E-state index in [1.165, 1.54) is 0 Å². The smallest absolute Gasteiger partial charge is 0.254 e. The molecule has 2 amide bonds. The molecule has 0 radical (unpaired) electrons. The summed E-state index contributed by atoms with van der Waals surface area (Å²) in [6.45, 7) is 2.50. The minimum absolute atomic E-state index is 0.0129. The number of nitrogens with two attached hydrogens (primary N) is 1. The second-order valence-electron chi connectivity index (χ2n) is 7.23. The van der Waals surface area contributed by atoms with Crippen molar-refractivity contribution in [3.05, 3.63) is 23.8 Å². The molecule has 148 valence electrons. The summed E-state index contributed by atoms with van der Waals surface area (Å²) >= 11 is 0. The van der Waals surface area contributed by atoms with Gasteiger partial charge in [0.15, 0.2) is 0 Å². The highest BCUT2D eigenvalue weighted by Crippen LogP contribution is 2.27. The van der Waals surface area contributed by atoms with Gasteiger partial charge in [-0.15, -0.1) is 0 Å². The van der Waals surface area contributed by atoms with Crippen molar-refractivity contribution >= 4 is 11.8 Å². The van der Waals surface area contributed by atoms with Crippen molar-refractivity contribution in [2.75, 3.05) is 40.4 Å². The molecule has 2 heterocycles. The summed E-state index contributed by atoms with van der Waals surface area (Å²) in [5, 5.41) is 0. The number of amides is 2. The molecule has 2 aliphatic rings. The Bertz CT molecular complexity index is 664. The first-order valence-corrected chi connectivity index (χ1v) is 9.60. The van der Waals surface area contributed by atoms with Gasteiger partial charge in [0.25, 0.3) is 5.91 Å². The summed E-state index contributed by atoms with van der Waals surface area (Å²) in [5.41, 5.74) is 6.34. The Labute approximate surface area is 160 Å². The minimum Gasteiger partial charge on any atom is -0.497 e. The molecule has 1 unspecified atom stereocenters. The first kappa shape index (κ1) is 19.5. The van der Waals surface area contributed by atoms with Crippen molar-refractivity contribution in [3.63, 3.8) is 0 Å². The zero-order chi connectivity index (χ0) is 19.4. The van der Waals surface area contributed by atoms with Crippen molar-refractivity contribution < 1.29 is 19.1 Å². The van der Waals surface area contributed by atoms with Gasteiger partial charge >= 0.3 is 0 Å². The fourth-order valence-corrected chi connectivity index (χ4v) is 4.05. The van der Waals surface area contributed by atoms with Crippen molar-refractivity contribution in [2.45, 2.75) is 31.7 Å². The van der Waals surface area contributed by atoms with Crippen LogP contribution in [-0.2, 0) is 4.79 Å². The Hall–Kier alpha value is -2.28. The number of carbonyl (C=O) groups excluding carboxylic acids is 2. The molecule has 0 saturated carbocycles. The molecule has 2 N–H and O–H groups in total. The lowest BCUT2D eigenvalue weighted by Gasteiger charge is -2.34. The molecule has 2 saturated heterocycles. The highest BCUT2D eigenvalue weighted by atomic mass is 16.5. The predicted molar refractivity (Wildman–Crippen MR) is 102 cm³/mol. The molecule has 27 heavy (non-hydrogen) atoms. The molecule has 0 spiro atoms. The number of rotatable bonds is 5. The second kappa shape index (κ2) is 8.61. The van der Waals surface area contributed by atoms with Gasteiger partial charge in [0.2, 0.25) is 5.91 Å². The maximum Gasteiger partial charge on any atom is 0.254 e. The van der Waals surface area contributed by atoms with Crippen molar-refractivity contribution in [2.24, 2.45) is 11.7 Å². The second-order valence-corrected chi connectivity index (χ2v) is 7.23. The van der Waals surface area contributed by atoms with E-state index in [1.54, 1.807) is 32.4 Å². The maximum atomic E-state index is 12.9. The zero-order valence-electron chi connectivity index (χ0n) is 16.1. The van der Waals surface area contributed by atoms with E-state index >= 15 is 0 Å². The van der Waals surface area contributed by atoms with Gasteiger partial charge in [0, 0.05) is 49.8 Å². The third-order valence-electron chi connectivity index (χ3n) is 5.66. The number of likely N-dealkylation sites (tertiary alicyclic amines) is 2. The van der Waals surface area contributed by atoms with Crippen LogP contribution in [0.2, 0.25) is 0 Å². The highest BCUT2D eigenvalue weighted by molar-refractivity contribution is 5.95. The van der Waals surface area contributed by atoms with Crippen LogP contribution in [0.15, 0.2) is 18.2 Å². The summed E-state index contributed by atoms with van der Waals surface area (Å²) in [6, 6.07) is 5.36. The van der Waals surface area contributed by atoms with Crippen molar-refractivity contribution in [1.82, 2.24) is 9.80 Å². The minimum atomic E-state index is -0.0564. The Morgan fingerprint density at radius 2 is 1.67 bits per heavy atom. The molecule has 0 aliphatic carbocycles. The fourth-order valence-electron chi connectivity index (χ4n) is 4.05. The summed E-state index contributed by atoms with van der Waals surface area (Å²) in [6.07, 6.45) is 3.42. The number of ether oxygens (including phenoxy) is 2. The zero-order valence-corrected chi connectivity index (χ0v) is 16.1. The van der Waals surface area contributed by atoms with Gasteiger partial charge in [0.1, 0.15) is 11.5 Å². The normalized spacial score (nSPS) is 20.6. The number of benzene rings is 1. The van der Waals surface area contributed by atoms with Crippen molar-refractivity contribution in [3.8, 4) is 11.5 Å². The number of nitrogens with zero attached hydrogens (tertiary/aromatic N) is 2. The standard InChI is InChI=1S/C20H29N3O4/c1-26-17-10-15(11-18(12-17)27-2)19(24)22-8-5-14(6-9-22)20(25)23-7-3-4-16(23)13-21/h10-12,14,16H,3-9,13,21H2,1-2H3. The molecular weight excluding hydrogens is 346 g/mol. The van der Waals surface area contributed by atoms with E-state index in [0.29, 0.717) is 49.5 Å². The van der Waals surface area contributed by atoms with Gasteiger partial charge in [-0.25, -0.2) is 0 Å². The molecule has 7 heteroatoms. The summed E-state index contributed by atoms with van der Waals surface area (Å²) in [7, 11) is 3.13. The van der Waals surface area contributed by atoms with Crippen LogP contribution in [0.3, 0.4) is 0 Å². The molecule has 1 aromatic rings. The van der Waals surface area contributed by atoms with Crippen LogP contribution >= 0.6 is 0 Å². The SMILES string of the molecule is COc1cc(OC)cc(C(=O)N2CCC(C(=O)N3CCCC3CN)CC2)c1. The average molecular weight is 375 g/mol. The Kier molecular flexibility index (Phi) is 6.21. The van der Waals surface area contributed by atoms with Gasteiger partial charge in [-0.3, -0.25) is 9.59 Å². The molecule has 2 aliphatic heterocycles. The van der Waals surface area contributed by atoms with Gasteiger partial charge in [-0.05, 0) is 37.8 Å². The Morgan fingerprint density at radius 1 is 1.04 bits per heavy atom. The quantitative estimate of drug-likeness (QED) is 0.843. The molecule has 0 bridgehead atoms. The molecular formula is C20H29N3O4. The number of hydrogen-bond donors (Lipinski definition) is 1. The van der Waals surface area contributed by atoms with Crippen LogP contribution in [0.25, 0.3) is 0 Å². The van der Waals surface area contributed by atoms with Gasteiger partial charge in [-0.1, -0.05) is 0 Å². The third kappa shape index (κ3) is 4.18. The van der Waals surface area contributed by atoms with Crippen LogP contribution in [-0.4, -0.2) is 68.1 Å². The van der Waals surface area contributed by atoms with E-state index in [4.69, 9.17) is 15.2 Å². The average Bonchev–Trinajstić information content (AvgIpc) is 3.21. The lowest BCUT2D eigenvalue weighted by Crippen LogP contribution is -2.47. The molecule has 2 fully saturated rings. The van der Waals surface area contributed by atoms with E-state index in [2.05, 4.69) is 0 Å². The summed E-state index contributed by atoms with van der Waals surface area (Å²) in [4.78, 5) is 29.4. The van der Waals surface area contributed by atoms with E-state index in [0.717, 1.165) is 19.4 Å². The summed E-state index contributed by atoms with van der Waals surface area (Å²) in [5.74, 6) is 1.31. The molecule has 0 aromatic heterocycles. The van der Waals surface area contributed by atoms with Crippen LogP contribution in [0.1, 0.15) is 36.0 Å². The van der Waals surface area contributed by atoms with E-state index in [9.17, 15) is 9.59 Å². The van der Waals surface area contributed by atoms with E-state index in [1.807, 2.05) is 9.80 Å². The largest absolute Gasteiger partial charge is 0.497 e. The van der Waals surface area contributed by atoms with Crippen molar-refractivity contribution in [1.29, 1.82) is 0 Å². The first-order chi connectivity index (χ1) is 13.1. The number of methoxy groups -OCH3 is 2. The van der Waals surface area contributed by atoms with Gasteiger partial charge in [-0.2, -0.15) is 0 Å². The summed E-state index contributed by atoms with van der Waals surface area (Å²) < 4.78 is 10.5. The lowest BCUT2D eigenvalue weighted by molar-refractivity contribution is -0.137. The molecule has 7 nitrogen and oxygen atoms in total. The van der Waals surface area contributed by atoms with Gasteiger partial charge in [0.05, 0.1) is 14.2 Å². The van der Waals surface area contributed by atoms with E-state index in [-0.39, 0.29) is 23.8 Å². The van der Waals surface area contributed by atoms with Crippen LogP contribution in [0.4, 0.5) is 0 Å². The number of piperidine rings is 1. The Balaban J connectivity index is 1.62. The highest BCUT2D eigenvalue weighted by Gasteiger charge is 2.35. The molecule has 1 atom stereocenters. The van der Waals surface area contributed by atoms with Crippen LogP contribution in [0, 0.1) is 5.92 Å². The maximum absolute atomic E-state index is 12.9. The number of hydrogen-bond acceptors (Lipinski definition) is 5. The van der Waals surface area contributed by atoms with Crippen LogP contribution < -0.4 is 15.2 Å². The lowest BCUT2D eigenvalue weighted by atomic mass is 9.94. The monoisotopic (exact) mass is 375 g/mol. The predicted octanol–water partition coefficient (Wildman–Crippen LogP) is 1.51. The first-order valence-electron chi connectivity index (χ1n) is 9.60. The molecule has 3 rings (SSSR count).